The summed E-state index contributed by atoms with van der Waals surface area (Å²) >= 11 is 0. The molecular weight excluding hydrogens is 968 g/mol. The van der Waals surface area contributed by atoms with Gasteiger partial charge in [0.15, 0.2) is 0 Å². The zero-order valence-electron chi connectivity index (χ0n) is 53.1. The largest absolute Gasteiger partial charge is 0.468 e. The molecule has 7 aromatic rings. The van der Waals surface area contributed by atoms with Crippen molar-refractivity contribution in [3.05, 3.63) is 146 Å². The molecule has 13 rings (SSSR count). The second-order valence-corrected chi connectivity index (χ2v) is 33.0. The van der Waals surface area contributed by atoms with Crippen LogP contribution in [0.1, 0.15) is 244 Å². The molecule has 0 saturated carbocycles. The van der Waals surface area contributed by atoms with Crippen LogP contribution in [0.15, 0.2) is 89.3 Å². The van der Waals surface area contributed by atoms with Crippen LogP contribution in [0.25, 0.3) is 22.1 Å². The Morgan fingerprint density at radius 1 is 0.425 bits per heavy atom. The Morgan fingerprint density at radius 3 is 1.50 bits per heavy atom. The number of fused-ring (bicyclic) bond motifs is 11. The molecule has 0 saturated heterocycles. The number of hydrogen-bond acceptors (Lipinski definition) is 3. The van der Waals surface area contributed by atoms with Crippen molar-refractivity contribution in [3.63, 3.8) is 0 Å². The highest BCUT2D eigenvalue weighted by atomic mass is 16.3. The zero-order chi connectivity index (χ0) is 57.4. The van der Waals surface area contributed by atoms with Gasteiger partial charge in [-0.25, -0.2) is 0 Å². The molecule has 4 heteroatoms. The minimum atomic E-state index is -0.145. The molecule has 0 atom stereocenters. The zero-order valence-corrected chi connectivity index (χ0v) is 53.1. The van der Waals surface area contributed by atoms with Crippen LogP contribution in [0.3, 0.4) is 0 Å². The van der Waals surface area contributed by atoms with E-state index in [4.69, 9.17) is 4.42 Å². The minimum Gasteiger partial charge on any atom is -0.468 e. The van der Waals surface area contributed by atoms with Gasteiger partial charge in [0, 0.05) is 33.7 Å². The van der Waals surface area contributed by atoms with Crippen molar-refractivity contribution in [2.24, 2.45) is 0 Å². The molecule has 2 aliphatic heterocycles. The van der Waals surface area contributed by atoms with Crippen molar-refractivity contribution >= 4 is 68.4 Å². The van der Waals surface area contributed by atoms with E-state index in [9.17, 15) is 0 Å². The van der Waals surface area contributed by atoms with E-state index in [-0.39, 0.29) is 55.4 Å². The molecular formula is C76H93BN2O. The van der Waals surface area contributed by atoms with Gasteiger partial charge < -0.3 is 14.2 Å². The predicted octanol–water partition coefficient (Wildman–Crippen LogP) is 19.5. The summed E-state index contributed by atoms with van der Waals surface area (Å²) in [4.78, 5) is 5.49. The number of rotatable bonds is 3. The third-order valence-corrected chi connectivity index (χ3v) is 22.4. The van der Waals surface area contributed by atoms with Gasteiger partial charge in [-0.1, -0.05) is 162 Å². The van der Waals surface area contributed by atoms with Crippen LogP contribution in [-0.2, 0) is 48.7 Å². The maximum atomic E-state index is 7.92. The first-order valence-corrected chi connectivity index (χ1v) is 31.0. The molecule has 0 fully saturated rings. The molecule has 0 spiro atoms. The minimum absolute atomic E-state index is 0.0126. The molecule has 0 amide bonds. The highest BCUT2D eigenvalue weighted by molar-refractivity contribution is 7.00. The Morgan fingerprint density at radius 2 is 0.912 bits per heavy atom. The molecule has 6 aliphatic rings. The van der Waals surface area contributed by atoms with Gasteiger partial charge in [0.2, 0.25) is 0 Å². The molecule has 0 N–H and O–H groups in total. The van der Waals surface area contributed by atoms with Crippen LogP contribution >= 0.6 is 0 Å². The van der Waals surface area contributed by atoms with Crippen molar-refractivity contribution in [1.82, 2.24) is 0 Å². The Balaban J connectivity index is 1.19. The smallest absolute Gasteiger partial charge is 0.297 e. The van der Waals surface area contributed by atoms with Crippen molar-refractivity contribution < 1.29 is 4.42 Å². The van der Waals surface area contributed by atoms with Gasteiger partial charge in [-0.15, -0.1) is 0 Å². The van der Waals surface area contributed by atoms with Gasteiger partial charge in [-0.2, -0.15) is 0 Å². The number of nitrogens with zero attached hydrogens (tertiary/aromatic N) is 2. The Bertz CT molecular complexity index is 3820. The molecule has 416 valence electrons. The maximum absolute atomic E-state index is 7.92. The summed E-state index contributed by atoms with van der Waals surface area (Å²) in [7, 11) is 0. The number of hydrogen-bond donors (Lipinski definition) is 0. The van der Waals surface area contributed by atoms with E-state index in [0.717, 1.165) is 36.9 Å². The van der Waals surface area contributed by atoms with Crippen LogP contribution in [-0.4, -0.2) is 6.71 Å². The van der Waals surface area contributed by atoms with Crippen LogP contribution in [0.4, 0.5) is 34.1 Å². The highest BCUT2D eigenvalue weighted by Gasteiger charge is 2.52. The second kappa shape index (κ2) is 16.6. The Labute approximate surface area is 482 Å². The Kier molecular flexibility index (Phi) is 11.2. The topological polar surface area (TPSA) is 19.6 Å². The average Bonchev–Trinajstić information content (AvgIpc) is 3.94. The molecule has 80 heavy (non-hydrogen) atoms. The first-order chi connectivity index (χ1) is 37.0. The lowest BCUT2D eigenvalue weighted by molar-refractivity contribution is 0.331. The first kappa shape index (κ1) is 53.8. The molecule has 4 aliphatic carbocycles. The standard InChI is InChI=1S/C76H93BN2O/c1-44-36-60-64-61(37-44)79(59-27-22-46(68(3,4)5)39-49(59)48-41-55-53(38-45(48)2)71(10,11)30-31-73(55,14)15)65-50-42-56-57(75(18,19)33-32-74(56,16)17)43-62(50)80-67(65)77(64)58-26-25-52-63(76(20,21)35-34-70(52,8)9)66(58)78(60)47-23-24-51-54(40-47)72(12,13)29-28-69(51,6)7/h22-27,36-43H,28-35H2,1-21H3. The molecule has 3 nitrogen and oxygen atoms in total. The quantitative estimate of drug-likeness (QED) is 0.164. The van der Waals surface area contributed by atoms with Crippen molar-refractivity contribution in [2.75, 3.05) is 9.80 Å². The summed E-state index contributed by atoms with van der Waals surface area (Å²) in [6.45, 7) is 51.5. The van der Waals surface area contributed by atoms with Gasteiger partial charge in [-0.05, 0) is 246 Å². The fourth-order valence-corrected chi connectivity index (χ4v) is 16.6. The van der Waals surface area contributed by atoms with E-state index in [1.165, 1.54) is 148 Å². The van der Waals surface area contributed by atoms with Gasteiger partial charge in [-0.3, -0.25) is 0 Å². The van der Waals surface area contributed by atoms with E-state index < -0.39 is 0 Å². The maximum Gasteiger partial charge on any atom is 0.297 e. The van der Waals surface area contributed by atoms with Gasteiger partial charge >= 0.3 is 0 Å². The van der Waals surface area contributed by atoms with Gasteiger partial charge in [0.25, 0.3) is 6.71 Å². The number of anilines is 6. The SMILES string of the molecule is Cc1cc2c3c(c1)N(c1ccc(C(C)(C)C)cc1-c1cc4c(cc1C)C(C)(C)CCC4(C)C)c1c(oc4cc5c(cc14)C(C)(C)CCC5(C)C)B3c1ccc3c(c1N2c1ccc2c(c1)C(C)(C)CCC2(C)C)C(C)(C)CCC3(C)C. The third-order valence-electron chi connectivity index (χ3n) is 22.4. The monoisotopic (exact) mass is 1060 g/mol. The summed E-state index contributed by atoms with van der Waals surface area (Å²) in [5.74, 6) is 0. The molecule has 1 aromatic heterocycles. The summed E-state index contributed by atoms with van der Waals surface area (Å²) in [6.07, 6.45) is 9.31. The van der Waals surface area contributed by atoms with Crippen LogP contribution in [0, 0.1) is 13.8 Å². The molecule has 3 heterocycles. The van der Waals surface area contributed by atoms with Gasteiger partial charge in [0.05, 0.1) is 17.0 Å². The van der Waals surface area contributed by atoms with E-state index in [1.54, 1.807) is 0 Å². The van der Waals surface area contributed by atoms with Crippen LogP contribution in [0.2, 0.25) is 0 Å². The fraction of sp³-hybridized carbons (Fsp3) is 0.500. The lowest BCUT2D eigenvalue weighted by Gasteiger charge is -2.49. The molecule has 6 aromatic carbocycles. The van der Waals surface area contributed by atoms with E-state index in [2.05, 4.69) is 240 Å². The second-order valence-electron chi connectivity index (χ2n) is 33.0. The lowest BCUT2D eigenvalue weighted by Crippen LogP contribution is -2.61. The highest BCUT2D eigenvalue weighted by Crippen LogP contribution is 2.58. The van der Waals surface area contributed by atoms with E-state index >= 15 is 0 Å². The predicted molar refractivity (Wildman–Crippen MR) is 345 cm³/mol. The molecule has 0 bridgehead atoms. The summed E-state index contributed by atoms with van der Waals surface area (Å²) in [5.41, 5.74) is 31.0. The normalized spacial score (nSPS) is 21.6. The Hall–Kier alpha value is -5.48. The number of benzene rings is 6. The summed E-state index contributed by atoms with van der Waals surface area (Å²) < 4.78 is 7.92. The number of furan rings is 1. The first-order valence-electron chi connectivity index (χ1n) is 31.0. The summed E-state index contributed by atoms with van der Waals surface area (Å²) in [5, 5.41) is 1.22. The fourth-order valence-electron chi connectivity index (χ4n) is 16.6. The third kappa shape index (κ3) is 7.70. The van der Waals surface area contributed by atoms with Crippen LogP contribution < -0.4 is 26.4 Å². The van der Waals surface area contributed by atoms with Crippen molar-refractivity contribution in [3.8, 4) is 11.1 Å². The van der Waals surface area contributed by atoms with Crippen molar-refractivity contribution in [2.45, 2.75) is 245 Å². The summed E-state index contributed by atoms with van der Waals surface area (Å²) in [6, 6.07) is 35.6. The van der Waals surface area contributed by atoms with Crippen molar-refractivity contribution in [1.29, 1.82) is 0 Å². The van der Waals surface area contributed by atoms with Gasteiger partial charge in [0.1, 0.15) is 5.58 Å². The van der Waals surface area contributed by atoms with E-state index in [1.807, 2.05) is 0 Å². The molecule has 0 radical (unpaired) electrons. The number of aryl methyl sites for hydroxylation is 2. The van der Waals surface area contributed by atoms with Crippen LogP contribution in [0.5, 0.6) is 0 Å². The molecule has 0 unspecified atom stereocenters. The lowest BCUT2D eigenvalue weighted by atomic mass is 9.35. The van der Waals surface area contributed by atoms with E-state index in [0.29, 0.717) is 0 Å². The average molecular weight is 1060 g/mol.